The summed E-state index contributed by atoms with van der Waals surface area (Å²) >= 11 is 0. The largest absolute Gasteiger partial charge is 0.507 e. The summed E-state index contributed by atoms with van der Waals surface area (Å²) in [6.45, 7) is 5.52. The lowest BCUT2D eigenvalue weighted by Crippen LogP contribution is -2.30. The van der Waals surface area contributed by atoms with Crippen molar-refractivity contribution in [3.8, 4) is 11.5 Å². The quantitative estimate of drug-likeness (QED) is 0.782. The van der Waals surface area contributed by atoms with E-state index in [9.17, 15) is 15.0 Å². The highest BCUT2D eigenvalue weighted by atomic mass is 16.3. The van der Waals surface area contributed by atoms with Crippen LogP contribution < -0.4 is 0 Å². The molecule has 4 nitrogen and oxygen atoms in total. The van der Waals surface area contributed by atoms with Crippen LogP contribution in [0.3, 0.4) is 0 Å². The molecule has 4 heteroatoms. The van der Waals surface area contributed by atoms with Crippen LogP contribution in [0.1, 0.15) is 30.6 Å². The molecule has 2 rings (SSSR count). The average molecular weight is 235 g/mol. The van der Waals surface area contributed by atoms with Gasteiger partial charge in [0, 0.05) is 13.1 Å². The number of aromatic hydroxyl groups is 2. The predicted molar refractivity (Wildman–Crippen MR) is 64.1 cm³/mol. The molecule has 1 saturated heterocycles. The van der Waals surface area contributed by atoms with Crippen LogP contribution in [0.4, 0.5) is 0 Å². The van der Waals surface area contributed by atoms with Gasteiger partial charge in [-0.1, -0.05) is 19.9 Å². The average Bonchev–Trinajstić information content (AvgIpc) is 2.58. The highest BCUT2D eigenvalue weighted by molar-refractivity contribution is 5.99. The van der Waals surface area contributed by atoms with Crippen molar-refractivity contribution in [3.63, 3.8) is 0 Å². The molecule has 0 radical (unpaired) electrons. The first-order chi connectivity index (χ1) is 7.91. The van der Waals surface area contributed by atoms with Gasteiger partial charge in [-0.2, -0.15) is 0 Å². The molecular weight excluding hydrogens is 218 g/mol. The van der Waals surface area contributed by atoms with E-state index >= 15 is 0 Å². The molecule has 1 aromatic rings. The van der Waals surface area contributed by atoms with E-state index in [0.29, 0.717) is 13.1 Å². The third-order valence-corrected chi connectivity index (χ3v) is 3.20. The van der Waals surface area contributed by atoms with E-state index in [1.807, 2.05) is 0 Å². The molecule has 0 saturated carbocycles. The van der Waals surface area contributed by atoms with Crippen LogP contribution in [0, 0.1) is 5.41 Å². The number of phenolic OH excluding ortho intramolecular Hbond substituents is 2. The summed E-state index contributed by atoms with van der Waals surface area (Å²) in [7, 11) is 0. The molecule has 0 atom stereocenters. The van der Waals surface area contributed by atoms with Gasteiger partial charge >= 0.3 is 0 Å². The van der Waals surface area contributed by atoms with Gasteiger partial charge in [0.25, 0.3) is 5.91 Å². The molecule has 0 spiro atoms. The fourth-order valence-electron chi connectivity index (χ4n) is 2.19. The zero-order valence-electron chi connectivity index (χ0n) is 10.1. The summed E-state index contributed by atoms with van der Waals surface area (Å²) in [6.07, 6.45) is 0.938. The van der Waals surface area contributed by atoms with E-state index < -0.39 is 0 Å². The Hall–Kier alpha value is -1.71. The SMILES string of the molecule is CC1(C)CCN(C(=O)c2c(O)cccc2O)C1. The minimum atomic E-state index is -0.300. The van der Waals surface area contributed by atoms with Crippen molar-refractivity contribution >= 4 is 5.91 Å². The molecule has 2 N–H and O–H groups in total. The fraction of sp³-hybridized carbons (Fsp3) is 0.462. The third-order valence-electron chi connectivity index (χ3n) is 3.20. The van der Waals surface area contributed by atoms with E-state index in [0.717, 1.165) is 6.42 Å². The van der Waals surface area contributed by atoms with E-state index in [1.165, 1.54) is 18.2 Å². The second-order valence-corrected chi connectivity index (χ2v) is 5.31. The standard InChI is InChI=1S/C13H17NO3/c1-13(2)6-7-14(8-13)12(17)11-9(15)4-3-5-10(11)16/h3-5,15-16H,6-8H2,1-2H3. The Morgan fingerprint density at radius 2 is 1.88 bits per heavy atom. The van der Waals surface area contributed by atoms with Crippen molar-refractivity contribution < 1.29 is 15.0 Å². The van der Waals surface area contributed by atoms with Gasteiger partial charge in [0.15, 0.2) is 0 Å². The van der Waals surface area contributed by atoms with Gasteiger partial charge < -0.3 is 15.1 Å². The smallest absolute Gasteiger partial charge is 0.261 e. The summed E-state index contributed by atoms with van der Waals surface area (Å²) in [5, 5.41) is 19.3. The summed E-state index contributed by atoms with van der Waals surface area (Å²) in [5.74, 6) is -0.634. The summed E-state index contributed by atoms with van der Waals surface area (Å²) in [5.41, 5.74) is 0.112. The zero-order valence-corrected chi connectivity index (χ0v) is 10.1. The summed E-state index contributed by atoms with van der Waals surface area (Å²) in [4.78, 5) is 13.9. The van der Waals surface area contributed by atoms with E-state index in [2.05, 4.69) is 13.8 Å². The van der Waals surface area contributed by atoms with Crippen LogP contribution in [0.15, 0.2) is 18.2 Å². The first kappa shape index (κ1) is 11.8. The third kappa shape index (κ3) is 2.20. The maximum Gasteiger partial charge on any atom is 0.261 e. The topological polar surface area (TPSA) is 60.8 Å². The molecule has 1 amide bonds. The molecule has 1 fully saturated rings. The van der Waals surface area contributed by atoms with Crippen molar-refractivity contribution in [2.75, 3.05) is 13.1 Å². The molecule has 0 aromatic heterocycles. The number of hydrogen-bond donors (Lipinski definition) is 2. The fourth-order valence-corrected chi connectivity index (χ4v) is 2.19. The number of benzene rings is 1. The number of likely N-dealkylation sites (tertiary alicyclic amines) is 1. The molecule has 0 aliphatic carbocycles. The maximum absolute atomic E-state index is 12.2. The highest BCUT2D eigenvalue weighted by Crippen LogP contribution is 2.33. The molecule has 1 heterocycles. The number of carbonyl (C=O) groups excluding carboxylic acids is 1. The van der Waals surface area contributed by atoms with Gasteiger partial charge in [0.05, 0.1) is 0 Å². The Bertz CT molecular complexity index is 434. The van der Waals surface area contributed by atoms with E-state index in [-0.39, 0.29) is 28.4 Å². The monoisotopic (exact) mass is 235 g/mol. The lowest BCUT2D eigenvalue weighted by Gasteiger charge is -2.20. The molecule has 1 aromatic carbocycles. The van der Waals surface area contributed by atoms with Crippen LogP contribution in [0.2, 0.25) is 0 Å². The van der Waals surface area contributed by atoms with Gasteiger partial charge in [-0.25, -0.2) is 0 Å². The van der Waals surface area contributed by atoms with Crippen molar-refractivity contribution in [1.82, 2.24) is 4.90 Å². The number of nitrogens with zero attached hydrogens (tertiary/aromatic N) is 1. The number of carbonyl (C=O) groups is 1. The van der Waals surface area contributed by atoms with Crippen LogP contribution in [-0.2, 0) is 0 Å². The normalized spacial score (nSPS) is 18.4. The number of hydrogen-bond acceptors (Lipinski definition) is 3. The number of rotatable bonds is 1. The zero-order chi connectivity index (χ0) is 12.6. The first-order valence-corrected chi connectivity index (χ1v) is 5.71. The van der Waals surface area contributed by atoms with E-state index in [1.54, 1.807) is 4.90 Å². The Morgan fingerprint density at radius 3 is 2.35 bits per heavy atom. The summed E-state index contributed by atoms with van der Waals surface area (Å²) in [6, 6.07) is 4.33. The minimum Gasteiger partial charge on any atom is -0.507 e. The molecule has 92 valence electrons. The van der Waals surface area contributed by atoms with Crippen molar-refractivity contribution in [2.24, 2.45) is 5.41 Å². The highest BCUT2D eigenvalue weighted by Gasteiger charge is 2.34. The van der Waals surface area contributed by atoms with Crippen LogP contribution in [-0.4, -0.2) is 34.1 Å². The van der Waals surface area contributed by atoms with Gasteiger partial charge in [0.1, 0.15) is 17.1 Å². The Balaban J connectivity index is 2.27. The Labute approximate surface area is 100 Å². The van der Waals surface area contributed by atoms with Crippen molar-refractivity contribution in [1.29, 1.82) is 0 Å². The molecule has 0 unspecified atom stereocenters. The van der Waals surface area contributed by atoms with Crippen molar-refractivity contribution in [2.45, 2.75) is 20.3 Å². The van der Waals surface area contributed by atoms with Crippen LogP contribution in [0.5, 0.6) is 11.5 Å². The van der Waals surface area contributed by atoms with Crippen molar-refractivity contribution in [3.05, 3.63) is 23.8 Å². The Kier molecular flexibility index (Phi) is 2.73. The lowest BCUT2D eigenvalue weighted by molar-refractivity contribution is 0.0772. The molecule has 17 heavy (non-hydrogen) atoms. The molecular formula is C13H17NO3. The first-order valence-electron chi connectivity index (χ1n) is 5.71. The maximum atomic E-state index is 12.2. The van der Waals surface area contributed by atoms with Crippen LogP contribution in [0.25, 0.3) is 0 Å². The Morgan fingerprint density at radius 1 is 1.29 bits per heavy atom. The summed E-state index contributed by atoms with van der Waals surface area (Å²) < 4.78 is 0. The minimum absolute atomic E-state index is 0.00481. The molecule has 1 aliphatic rings. The van der Waals surface area contributed by atoms with Gasteiger partial charge in [-0.3, -0.25) is 4.79 Å². The lowest BCUT2D eigenvalue weighted by atomic mass is 9.93. The van der Waals surface area contributed by atoms with Gasteiger partial charge in [0.2, 0.25) is 0 Å². The van der Waals surface area contributed by atoms with Gasteiger partial charge in [-0.15, -0.1) is 0 Å². The molecule has 1 aliphatic heterocycles. The van der Waals surface area contributed by atoms with Gasteiger partial charge in [-0.05, 0) is 24.0 Å². The second kappa shape index (κ2) is 3.95. The predicted octanol–water partition coefficient (Wildman–Crippen LogP) is 1.97. The second-order valence-electron chi connectivity index (χ2n) is 5.31. The van der Waals surface area contributed by atoms with E-state index in [4.69, 9.17) is 0 Å². The number of amides is 1. The molecule has 0 bridgehead atoms. The van der Waals surface area contributed by atoms with Crippen LogP contribution >= 0.6 is 0 Å². The number of phenols is 2.